The molecule has 0 unspecified atom stereocenters. The van der Waals surface area contributed by atoms with Crippen molar-refractivity contribution in [3.8, 4) is 5.75 Å². The Morgan fingerprint density at radius 1 is 0.783 bits per heavy atom. The number of amides is 1. The molecule has 46 heavy (non-hydrogen) atoms. The van der Waals surface area contributed by atoms with Gasteiger partial charge in [0.15, 0.2) is 0 Å². The van der Waals surface area contributed by atoms with Crippen LogP contribution in [0.1, 0.15) is 52.6 Å². The summed E-state index contributed by atoms with van der Waals surface area (Å²) in [4.78, 5) is 18.6. The molecule has 0 saturated carbocycles. The van der Waals surface area contributed by atoms with Gasteiger partial charge < -0.3 is 9.64 Å². The zero-order valence-electron chi connectivity index (χ0n) is 26.2. The van der Waals surface area contributed by atoms with E-state index >= 15 is 0 Å². The van der Waals surface area contributed by atoms with Crippen LogP contribution in [-0.2, 0) is 23.0 Å². The molecule has 8 heteroatoms. The summed E-state index contributed by atoms with van der Waals surface area (Å²) < 4.78 is 35.4. The molecule has 234 valence electrons. The standard InChI is InChI=1S/C38H37N3O4S/c1-4-28-13-15-30(16-14-28)37-40(26-29-9-7-6-8-10-29)36-24-23-34(46(43,44)39-31-17-21-33(22-18-31)45-5-2)25-35(36)38(42)41(37)32-19-11-27(3)12-20-32/h6-25,37,39H,4-5,26H2,1-3H3/t37-/m1/s1. The molecule has 6 rings (SSSR count). The largest absolute Gasteiger partial charge is 0.494 e. The summed E-state index contributed by atoms with van der Waals surface area (Å²) in [6, 6.07) is 37.9. The van der Waals surface area contributed by atoms with Crippen molar-refractivity contribution < 1.29 is 17.9 Å². The molecule has 1 atom stereocenters. The average Bonchev–Trinajstić information content (AvgIpc) is 3.07. The molecule has 1 N–H and O–H groups in total. The number of fused-ring (bicyclic) bond motifs is 1. The fraction of sp³-hybridized carbons (Fsp3) is 0.184. The summed E-state index contributed by atoms with van der Waals surface area (Å²) in [5.41, 5.74) is 6.41. The fourth-order valence-corrected chi connectivity index (χ4v) is 6.87. The molecule has 0 aromatic heterocycles. The van der Waals surface area contributed by atoms with E-state index in [1.807, 2.05) is 56.3 Å². The van der Waals surface area contributed by atoms with Crippen molar-refractivity contribution in [1.82, 2.24) is 0 Å². The van der Waals surface area contributed by atoms with Crippen LogP contribution in [-0.4, -0.2) is 20.9 Å². The molecule has 0 radical (unpaired) electrons. The van der Waals surface area contributed by atoms with E-state index in [1.165, 1.54) is 11.6 Å². The Bertz CT molecular complexity index is 1930. The first kappa shape index (κ1) is 30.9. The van der Waals surface area contributed by atoms with Gasteiger partial charge in [-0.25, -0.2) is 8.42 Å². The minimum absolute atomic E-state index is 0.00255. The van der Waals surface area contributed by atoms with Crippen molar-refractivity contribution in [1.29, 1.82) is 0 Å². The summed E-state index contributed by atoms with van der Waals surface area (Å²) in [5, 5.41) is 0. The molecule has 1 amide bonds. The first-order chi connectivity index (χ1) is 22.3. The monoisotopic (exact) mass is 631 g/mol. The number of aryl methyl sites for hydroxylation is 2. The topological polar surface area (TPSA) is 78.9 Å². The number of rotatable bonds is 10. The molecule has 7 nitrogen and oxygen atoms in total. The molecule has 1 aliphatic rings. The first-order valence-electron chi connectivity index (χ1n) is 15.5. The third-order valence-electron chi connectivity index (χ3n) is 8.19. The van der Waals surface area contributed by atoms with Crippen LogP contribution in [0.2, 0.25) is 0 Å². The molecule has 0 fully saturated rings. The normalized spacial score (nSPS) is 14.6. The summed E-state index contributed by atoms with van der Waals surface area (Å²) >= 11 is 0. The summed E-state index contributed by atoms with van der Waals surface area (Å²) in [6.07, 6.45) is 0.433. The number of carbonyl (C=O) groups is 1. The van der Waals surface area contributed by atoms with Crippen LogP contribution < -0.4 is 19.3 Å². The first-order valence-corrected chi connectivity index (χ1v) is 16.9. The Morgan fingerprint density at radius 3 is 2.13 bits per heavy atom. The van der Waals surface area contributed by atoms with Crippen molar-refractivity contribution in [3.63, 3.8) is 0 Å². The van der Waals surface area contributed by atoms with Gasteiger partial charge in [0.2, 0.25) is 0 Å². The third kappa shape index (κ3) is 6.34. The highest BCUT2D eigenvalue weighted by Crippen LogP contribution is 2.43. The number of sulfonamides is 1. The lowest BCUT2D eigenvalue weighted by atomic mass is 9.98. The Hall–Kier alpha value is -5.08. The molecule has 1 aliphatic heterocycles. The number of anilines is 3. The number of carbonyl (C=O) groups excluding carboxylic acids is 1. The highest BCUT2D eigenvalue weighted by molar-refractivity contribution is 7.92. The van der Waals surface area contributed by atoms with E-state index in [0.717, 1.165) is 28.8 Å². The number of nitrogens with zero attached hydrogens (tertiary/aromatic N) is 2. The van der Waals surface area contributed by atoms with Crippen LogP contribution in [0, 0.1) is 6.92 Å². The van der Waals surface area contributed by atoms with Gasteiger partial charge in [-0.05, 0) is 91.6 Å². The minimum Gasteiger partial charge on any atom is -0.494 e. The molecule has 0 aliphatic carbocycles. The predicted molar refractivity (Wildman–Crippen MR) is 184 cm³/mol. The van der Waals surface area contributed by atoms with Crippen molar-refractivity contribution in [2.45, 2.75) is 44.8 Å². The van der Waals surface area contributed by atoms with Crippen LogP contribution in [0.3, 0.4) is 0 Å². The van der Waals surface area contributed by atoms with E-state index in [9.17, 15) is 13.2 Å². The quantitative estimate of drug-likeness (QED) is 0.168. The SMILES string of the molecule is CCOc1ccc(NS(=O)(=O)c2ccc3c(c2)C(=O)N(c2ccc(C)cc2)[C@H](c2ccc(CC)cc2)N3Cc2ccccc2)cc1. The summed E-state index contributed by atoms with van der Waals surface area (Å²) in [6.45, 7) is 7.03. The molecule has 1 heterocycles. The van der Waals surface area contributed by atoms with Crippen LogP contribution in [0.25, 0.3) is 0 Å². The highest BCUT2D eigenvalue weighted by atomic mass is 32.2. The molecular formula is C38H37N3O4S. The van der Waals surface area contributed by atoms with Gasteiger partial charge >= 0.3 is 0 Å². The molecular weight excluding hydrogens is 595 g/mol. The van der Waals surface area contributed by atoms with Gasteiger partial charge in [-0.2, -0.15) is 0 Å². The zero-order chi connectivity index (χ0) is 32.3. The second kappa shape index (κ2) is 13.1. The maximum absolute atomic E-state index is 14.6. The van der Waals surface area contributed by atoms with Gasteiger partial charge in [-0.1, -0.05) is 79.2 Å². The van der Waals surface area contributed by atoms with Gasteiger partial charge in [-0.15, -0.1) is 0 Å². The predicted octanol–water partition coefficient (Wildman–Crippen LogP) is 8.12. The highest BCUT2D eigenvalue weighted by Gasteiger charge is 2.40. The second-order valence-corrected chi connectivity index (χ2v) is 13.0. The maximum Gasteiger partial charge on any atom is 0.262 e. The maximum atomic E-state index is 14.6. The second-order valence-electron chi connectivity index (χ2n) is 11.3. The Morgan fingerprint density at radius 2 is 1.48 bits per heavy atom. The fourth-order valence-electron chi connectivity index (χ4n) is 5.79. The van der Waals surface area contributed by atoms with E-state index in [4.69, 9.17) is 4.74 Å². The van der Waals surface area contributed by atoms with Crippen molar-refractivity contribution in [2.75, 3.05) is 21.1 Å². The molecule has 5 aromatic rings. The van der Waals surface area contributed by atoms with Crippen molar-refractivity contribution >= 4 is 33.0 Å². The van der Waals surface area contributed by atoms with Crippen LogP contribution in [0.15, 0.2) is 126 Å². The number of hydrogen-bond acceptors (Lipinski definition) is 5. The summed E-state index contributed by atoms with van der Waals surface area (Å²) in [5.74, 6) is 0.379. The van der Waals surface area contributed by atoms with E-state index in [1.54, 1.807) is 41.3 Å². The van der Waals surface area contributed by atoms with Crippen LogP contribution in [0.5, 0.6) is 5.75 Å². The minimum atomic E-state index is -4.01. The van der Waals surface area contributed by atoms with Gasteiger partial charge in [-0.3, -0.25) is 14.4 Å². The zero-order valence-corrected chi connectivity index (χ0v) is 27.0. The average molecular weight is 632 g/mol. The van der Waals surface area contributed by atoms with E-state index in [2.05, 4.69) is 52.9 Å². The molecule has 5 aromatic carbocycles. The summed E-state index contributed by atoms with van der Waals surface area (Å²) in [7, 11) is -4.01. The Balaban J connectivity index is 1.48. The van der Waals surface area contributed by atoms with E-state index in [-0.39, 0.29) is 10.8 Å². The smallest absolute Gasteiger partial charge is 0.262 e. The van der Waals surface area contributed by atoms with Crippen molar-refractivity contribution in [3.05, 3.63) is 149 Å². The molecule has 0 bridgehead atoms. The van der Waals surface area contributed by atoms with Gasteiger partial charge in [0.05, 0.1) is 22.8 Å². The van der Waals surface area contributed by atoms with Gasteiger partial charge in [0.25, 0.3) is 15.9 Å². The number of hydrogen-bond donors (Lipinski definition) is 1. The van der Waals surface area contributed by atoms with E-state index in [0.29, 0.717) is 35.8 Å². The number of ether oxygens (including phenoxy) is 1. The Labute approximate surface area is 271 Å². The molecule has 0 spiro atoms. The number of benzene rings is 5. The van der Waals surface area contributed by atoms with Gasteiger partial charge in [0, 0.05) is 17.9 Å². The lowest BCUT2D eigenvalue weighted by molar-refractivity contribution is 0.0968. The van der Waals surface area contributed by atoms with E-state index < -0.39 is 16.2 Å². The van der Waals surface area contributed by atoms with Crippen molar-refractivity contribution in [2.24, 2.45) is 0 Å². The van der Waals surface area contributed by atoms with Crippen LogP contribution >= 0.6 is 0 Å². The Kier molecular flexibility index (Phi) is 8.81. The number of nitrogens with one attached hydrogen (secondary N) is 1. The lowest BCUT2D eigenvalue weighted by Gasteiger charge is -2.46. The molecule has 0 saturated heterocycles. The van der Waals surface area contributed by atoms with Gasteiger partial charge in [0.1, 0.15) is 11.9 Å². The lowest BCUT2D eigenvalue weighted by Crippen LogP contribution is -2.49. The third-order valence-corrected chi connectivity index (χ3v) is 9.57. The van der Waals surface area contributed by atoms with Crippen LogP contribution in [0.4, 0.5) is 17.1 Å².